The van der Waals surface area contributed by atoms with Crippen molar-refractivity contribution in [1.82, 2.24) is 9.13 Å². The molecular weight excluding hydrogens is 705 g/mol. The van der Waals surface area contributed by atoms with Crippen LogP contribution in [0.15, 0.2) is 231 Å². The van der Waals surface area contributed by atoms with Gasteiger partial charge in [0.15, 0.2) is 8.07 Å². The zero-order valence-electron chi connectivity index (χ0n) is 31.3. The Kier molecular flexibility index (Phi) is 7.87. The van der Waals surface area contributed by atoms with Crippen molar-refractivity contribution in [2.45, 2.75) is 0 Å². The molecule has 0 spiro atoms. The third-order valence-electron chi connectivity index (χ3n) is 11.9. The van der Waals surface area contributed by atoms with Gasteiger partial charge in [0.2, 0.25) is 0 Å². The van der Waals surface area contributed by atoms with Crippen molar-refractivity contribution in [1.29, 1.82) is 0 Å². The predicted molar refractivity (Wildman–Crippen MR) is 244 cm³/mol. The summed E-state index contributed by atoms with van der Waals surface area (Å²) in [4.78, 5) is 0. The van der Waals surface area contributed by atoms with E-state index in [9.17, 15) is 0 Å². The van der Waals surface area contributed by atoms with Crippen molar-refractivity contribution < 1.29 is 0 Å². The Morgan fingerprint density at radius 1 is 0.281 bits per heavy atom. The largest absolute Gasteiger partial charge is 0.309 e. The van der Waals surface area contributed by atoms with Crippen molar-refractivity contribution in [3.05, 3.63) is 231 Å². The minimum Gasteiger partial charge on any atom is -0.309 e. The lowest BCUT2D eigenvalue weighted by atomic mass is 10.0. The van der Waals surface area contributed by atoms with E-state index in [2.05, 4.69) is 240 Å². The number of rotatable bonds is 7. The van der Waals surface area contributed by atoms with Crippen LogP contribution in [-0.4, -0.2) is 17.2 Å². The van der Waals surface area contributed by atoms with Crippen LogP contribution in [0.25, 0.3) is 66.1 Å². The lowest BCUT2D eigenvalue weighted by molar-refractivity contribution is 1.17. The van der Waals surface area contributed by atoms with Gasteiger partial charge in [0.05, 0.1) is 22.1 Å². The van der Waals surface area contributed by atoms with Crippen LogP contribution in [0, 0.1) is 0 Å². The summed E-state index contributed by atoms with van der Waals surface area (Å²) >= 11 is 0. The summed E-state index contributed by atoms with van der Waals surface area (Å²) in [5.41, 5.74) is 9.55. The summed E-state index contributed by atoms with van der Waals surface area (Å²) in [6, 6.07) is 85.3. The molecule has 0 saturated carbocycles. The second-order valence-corrected chi connectivity index (χ2v) is 18.7. The highest BCUT2D eigenvalue weighted by atomic mass is 28.3. The van der Waals surface area contributed by atoms with Crippen LogP contribution in [0.5, 0.6) is 0 Å². The van der Waals surface area contributed by atoms with E-state index in [1.54, 1.807) is 0 Å². The summed E-state index contributed by atoms with van der Waals surface area (Å²) in [6.45, 7) is 0. The molecule has 2 heterocycles. The number of para-hydroxylation sites is 3. The van der Waals surface area contributed by atoms with Crippen LogP contribution < -0.4 is 20.7 Å². The van der Waals surface area contributed by atoms with Gasteiger partial charge in [-0.3, -0.25) is 0 Å². The van der Waals surface area contributed by atoms with Crippen molar-refractivity contribution in [2.24, 2.45) is 0 Å². The monoisotopic (exact) mass is 742 g/mol. The van der Waals surface area contributed by atoms with E-state index in [1.165, 1.54) is 75.5 Å². The fourth-order valence-corrected chi connectivity index (χ4v) is 14.2. The average molecular weight is 743 g/mol. The summed E-state index contributed by atoms with van der Waals surface area (Å²) in [5.74, 6) is 0. The van der Waals surface area contributed by atoms with Crippen molar-refractivity contribution in [2.75, 3.05) is 0 Å². The van der Waals surface area contributed by atoms with Crippen molar-refractivity contribution in [3.8, 4) is 22.5 Å². The highest BCUT2D eigenvalue weighted by molar-refractivity contribution is 7.20. The Bertz CT molecular complexity index is 3110. The van der Waals surface area contributed by atoms with E-state index in [4.69, 9.17) is 0 Å². The summed E-state index contributed by atoms with van der Waals surface area (Å²) in [5, 5.41) is 10.4. The molecule has 0 bridgehead atoms. The summed E-state index contributed by atoms with van der Waals surface area (Å²) < 4.78 is 4.94. The van der Waals surface area contributed by atoms with E-state index < -0.39 is 8.07 Å². The van der Waals surface area contributed by atoms with Gasteiger partial charge in [-0.1, -0.05) is 188 Å². The molecule has 0 saturated heterocycles. The maximum absolute atomic E-state index is 2.80. The van der Waals surface area contributed by atoms with Gasteiger partial charge in [0, 0.05) is 38.5 Å². The maximum atomic E-state index is 2.55. The number of hydrogen-bond acceptors (Lipinski definition) is 0. The standard InChI is InChI=1S/C54H38N2Si/c1-6-19-39(20-7-1)46-30-18-31-49-48-35-34-45(57(42-23-10-3-11-24-42,43-25-12-4-13-26-43)44-27-14-5-15-28-44)38-53(48)56(54(46)49)41-33-36-52-50(37-41)47-29-16-17-32-51(47)55(52)40-21-8-2-9-22-40/h1-38H. The fraction of sp³-hybridized carbons (Fsp3) is 0. The number of hydrogen-bond donors (Lipinski definition) is 0. The van der Waals surface area contributed by atoms with E-state index in [-0.39, 0.29) is 0 Å². The molecule has 0 amide bonds. The van der Waals surface area contributed by atoms with Crippen LogP contribution in [0.4, 0.5) is 0 Å². The van der Waals surface area contributed by atoms with E-state index in [1.807, 2.05) is 0 Å². The van der Waals surface area contributed by atoms with Crippen LogP contribution >= 0.6 is 0 Å². The van der Waals surface area contributed by atoms with Gasteiger partial charge in [0.1, 0.15) is 0 Å². The Morgan fingerprint density at radius 3 is 1.46 bits per heavy atom. The normalized spacial score (nSPS) is 11.9. The lowest BCUT2D eigenvalue weighted by Crippen LogP contribution is -2.74. The van der Waals surface area contributed by atoms with Crippen molar-refractivity contribution in [3.63, 3.8) is 0 Å². The third kappa shape index (κ3) is 5.17. The zero-order valence-corrected chi connectivity index (χ0v) is 32.3. The first-order valence-electron chi connectivity index (χ1n) is 19.7. The van der Waals surface area contributed by atoms with E-state index >= 15 is 0 Å². The predicted octanol–water partition coefficient (Wildman–Crippen LogP) is 10.9. The molecule has 0 unspecified atom stereocenters. The lowest BCUT2D eigenvalue weighted by Gasteiger charge is -2.34. The number of fused-ring (bicyclic) bond motifs is 6. The van der Waals surface area contributed by atoms with Crippen LogP contribution in [-0.2, 0) is 0 Å². The Balaban J connectivity index is 1.27. The van der Waals surface area contributed by atoms with Gasteiger partial charge in [0.25, 0.3) is 0 Å². The molecule has 9 aromatic carbocycles. The molecular formula is C54H38N2Si. The summed E-state index contributed by atoms with van der Waals surface area (Å²) in [7, 11) is -2.80. The highest BCUT2D eigenvalue weighted by Crippen LogP contribution is 2.40. The zero-order chi connectivity index (χ0) is 37.8. The van der Waals surface area contributed by atoms with Gasteiger partial charge in [-0.25, -0.2) is 0 Å². The molecule has 11 rings (SSSR count). The average Bonchev–Trinajstić information content (AvgIpc) is 3.81. The molecule has 0 aliphatic rings. The van der Waals surface area contributed by atoms with E-state index in [0.29, 0.717) is 0 Å². The molecule has 0 radical (unpaired) electrons. The van der Waals surface area contributed by atoms with E-state index in [0.717, 1.165) is 11.4 Å². The fourth-order valence-electron chi connectivity index (χ4n) is 9.44. The second kappa shape index (κ2) is 13.5. The van der Waals surface area contributed by atoms with Crippen molar-refractivity contribution >= 4 is 72.4 Å². The first-order valence-corrected chi connectivity index (χ1v) is 21.7. The molecule has 0 N–H and O–H groups in total. The molecule has 2 aromatic heterocycles. The molecule has 0 aliphatic carbocycles. The molecule has 11 aromatic rings. The first kappa shape index (κ1) is 33.2. The Hall–Kier alpha value is -7.20. The number of nitrogens with zero attached hydrogens (tertiary/aromatic N) is 2. The third-order valence-corrected chi connectivity index (χ3v) is 16.6. The minimum absolute atomic E-state index is 1.14. The maximum Gasteiger partial charge on any atom is 0.179 e. The molecule has 3 heteroatoms. The SMILES string of the molecule is c1ccc(-c2cccc3c4ccc([Si](c5ccccc5)(c5ccccc5)c5ccccc5)cc4n(-c4ccc5c(c4)c4ccccc4n5-c4ccccc4)c23)cc1. The molecule has 0 fully saturated rings. The Labute approximate surface area is 333 Å². The summed E-state index contributed by atoms with van der Waals surface area (Å²) in [6.07, 6.45) is 0. The van der Waals surface area contributed by atoms with Gasteiger partial charge < -0.3 is 9.13 Å². The molecule has 268 valence electrons. The van der Waals surface area contributed by atoms with Gasteiger partial charge >= 0.3 is 0 Å². The van der Waals surface area contributed by atoms with Gasteiger partial charge in [-0.15, -0.1) is 0 Å². The highest BCUT2D eigenvalue weighted by Gasteiger charge is 2.41. The van der Waals surface area contributed by atoms with Gasteiger partial charge in [-0.05, 0) is 68.8 Å². The first-order chi connectivity index (χ1) is 28.3. The number of benzene rings is 9. The van der Waals surface area contributed by atoms with Gasteiger partial charge in [-0.2, -0.15) is 0 Å². The molecule has 0 atom stereocenters. The quantitative estimate of drug-likeness (QED) is 0.114. The van der Waals surface area contributed by atoms with Crippen LogP contribution in [0.2, 0.25) is 0 Å². The Morgan fingerprint density at radius 2 is 0.807 bits per heavy atom. The van der Waals surface area contributed by atoms with Crippen LogP contribution in [0.3, 0.4) is 0 Å². The second-order valence-electron chi connectivity index (χ2n) is 14.9. The smallest absolute Gasteiger partial charge is 0.179 e. The topological polar surface area (TPSA) is 9.86 Å². The van der Waals surface area contributed by atoms with Crippen LogP contribution in [0.1, 0.15) is 0 Å². The molecule has 0 aliphatic heterocycles. The molecule has 57 heavy (non-hydrogen) atoms. The molecule has 2 nitrogen and oxygen atoms in total. The number of aromatic nitrogens is 2. The minimum atomic E-state index is -2.80.